The van der Waals surface area contributed by atoms with Crippen molar-refractivity contribution in [3.63, 3.8) is 0 Å². The van der Waals surface area contributed by atoms with E-state index >= 15 is 0 Å². The lowest BCUT2D eigenvalue weighted by molar-refractivity contribution is 0.112. The second-order valence-electron chi connectivity index (χ2n) is 8.54. The van der Waals surface area contributed by atoms with Crippen molar-refractivity contribution in [1.82, 2.24) is 19.5 Å². The Morgan fingerprint density at radius 2 is 1.73 bits per heavy atom. The predicted octanol–water partition coefficient (Wildman–Crippen LogP) is 3.26. The molecule has 1 saturated carbocycles. The van der Waals surface area contributed by atoms with Crippen LogP contribution >= 0.6 is 11.6 Å². The molecule has 1 aromatic heterocycles. The van der Waals surface area contributed by atoms with Crippen molar-refractivity contribution in [2.45, 2.75) is 48.5 Å². The van der Waals surface area contributed by atoms with Crippen molar-refractivity contribution >= 4 is 33.3 Å². The number of aromatic nitrogens is 1. The Kier molecular flexibility index (Phi) is 7.85. The Labute approximate surface area is 200 Å². The van der Waals surface area contributed by atoms with E-state index in [-0.39, 0.29) is 16.3 Å². The first-order valence-electron chi connectivity index (χ1n) is 11.3. The third kappa shape index (κ3) is 6.23. The van der Waals surface area contributed by atoms with Crippen LogP contribution < -0.4 is 10.6 Å². The van der Waals surface area contributed by atoms with E-state index in [1.54, 1.807) is 47.0 Å². The van der Waals surface area contributed by atoms with Crippen LogP contribution in [-0.4, -0.2) is 66.2 Å². The van der Waals surface area contributed by atoms with Crippen LogP contribution in [0.25, 0.3) is 0 Å². The summed E-state index contributed by atoms with van der Waals surface area (Å²) in [5.41, 5.74) is 1.42. The van der Waals surface area contributed by atoms with Crippen LogP contribution in [0.3, 0.4) is 0 Å². The Balaban J connectivity index is 1.28. The molecule has 178 valence electrons. The number of nitrogens with one attached hydrogen (secondary N) is 2. The van der Waals surface area contributed by atoms with Gasteiger partial charge in [0.15, 0.2) is 0 Å². The summed E-state index contributed by atoms with van der Waals surface area (Å²) in [6, 6.07) is 10.1. The molecule has 2 fully saturated rings. The zero-order chi connectivity index (χ0) is 23.3. The molecule has 0 bridgehead atoms. The van der Waals surface area contributed by atoms with Crippen LogP contribution in [0.1, 0.15) is 31.2 Å². The van der Waals surface area contributed by atoms with Crippen molar-refractivity contribution < 1.29 is 13.2 Å². The topological polar surface area (TPSA) is 94.6 Å². The summed E-state index contributed by atoms with van der Waals surface area (Å²) in [7, 11) is -3.57. The van der Waals surface area contributed by atoms with Crippen LogP contribution in [0.4, 0.5) is 10.5 Å². The maximum Gasteiger partial charge on any atom is 0.319 e. The largest absolute Gasteiger partial charge is 0.334 e. The highest BCUT2D eigenvalue weighted by Crippen LogP contribution is 2.28. The maximum absolute atomic E-state index is 13.1. The Hall–Kier alpha value is -2.20. The minimum Gasteiger partial charge on any atom is -0.334 e. The number of hydrogen-bond acceptors (Lipinski definition) is 5. The van der Waals surface area contributed by atoms with E-state index in [0.717, 1.165) is 44.3 Å². The van der Waals surface area contributed by atoms with Gasteiger partial charge in [0.25, 0.3) is 0 Å². The first-order chi connectivity index (χ1) is 15.9. The molecule has 0 atom stereocenters. The van der Waals surface area contributed by atoms with Crippen molar-refractivity contribution in [2.75, 3.05) is 31.5 Å². The summed E-state index contributed by atoms with van der Waals surface area (Å²) in [4.78, 5) is 18.8. The lowest BCUT2D eigenvalue weighted by Crippen LogP contribution is -2.52. The molecule has 0 radical (unpaired) electrons. The number of sulfonamides is 1. The Bertz CT molecular complexity index is 1020. The smallest absolute Gasteiger partial charge is 0.319 e. The predicted molar refractivity (Wildman–Crippen MR) is 129 cm³/mol. The number of nitrogens with zero attached hydrogens (tertiary/aromatic N) is 3. The SMILES string of the molecule is O=C(NCc1cccnc1)Nc1ccc(S(=O)(=O)N2CCN(C3CCC(Cl)CC3)CC2)cc1. The molecule has 1 aliphatic heterocycles. The monoisotopic (exact) mass is 491 g/mol. The molecule has 2 amide bonds. The number of anilines is 1. The summed E-state index contributed by atoms with van der Waals surface area (Å²) in [5, 5.41) is 5.75. The highest BCUT2D eigenvalue weighted by Gasteiger charge is 2.32. The first-order valence-corrected chi connectivity index (χ1v) is 13.2. The number of alkyl halides is 1. The van der Waals surface area contributed by atoms with Gasteiger partial charge in [-0.15, -0.1) is 11.6 Å². The minimum absolute atomic E-state index is 0.236. The number of benzene rings is 1. The highest BCUT2D eigenvalue weighted by atomic mass is 35.5. The molecular formula is C23H30ClN5O3S. The first kappa shape index (κ1) is 23.9. The molecule has 2 N–H and O–H groups in total. The Morgan fingerprint density at radius 1 is 1.03 bits per heavy atom. The zero-order valence-electron chi connectivity index (χ0n) is 18.5. The number of halogens is 1. The average molecular weight is 492 g/mol. The van der Waals surface area contributed by atoms with Gasteiger partial charge < -0.3 is 10.6 Å². The third-order valence-electron chi connectivity index (χ3n) is 6.34. The van der Waals surface area contributed by atoms with Crippen LogP contribution in [0.5, 0.6) is 0 Å². The summed E-state index contributed by atoms with van der Waals surface area (Å²) in [6.45, 7) is 2.81. The number of hydrogen-bond donors (Lipinski definition) is 2. The lowest BCUT2D eigenvalue weighted by Gasteiger charge is -2.40. The average Bonchev–Trinajstić information content (AvgIpc) is 2.84. The maximum atomic E-state index is 13.1. The van der Waals surface area contributed by atoms with Crippen molar-refractivity contribution in [3.8, 4) is 0 Å². The molecule has 4 rings (SSSR count). The molecule has 2 heterocycles. The molecule has 0 unspecified atom stereocenters. The van der Waals surface area contributed by atoms with Gasteiger partial charge in [0.2, 0.25) is 10.0 Å². The molecule has 1 aromatic carbocycles. The molecular weight excluding hydrogens is 462 g/mol. The fourth-order valence-electron chi connectivity index (χ4n) is 4.43. The number of carbonyl (C=O) groups is 1. The number of carbonyl (C=O) groups excluding carboxylic acids is 1. The van der Waals surface area contributed by atoms with Gasteiger partial charge in [0.1, 0.15) is 0 Å². The number of urea groups is 1. The van der Waals surface area contributed by atoms with Crippen LogP contribution in [0.2, 0.25) is 0 Å². The number of amides is 2. The molecule has 0 spiro atoms. The fourth-order valence-corrected chi connectivity index (χ4v) is 6.10. The number of piperazine rings is 1. The van der Waals surface area contributed by atoms with E-state index in [1.165, 1.54) is 0 Å². The van der Waals surface area contributed by atoms with Crippen LogP contribution in [0.15, 0.2) is 53.7 Å². The van der Waals surface area contributed by atoms with Crippen molar-refractivity contribution in [1.29, 1.82) is 0 Å². The standard InChI is InChI=1S/C23H30ClN5O3S/c24-19-3-7-21(8-4-19)28-12-14-29(15-13-28)33(31,32)22-9-5-20(6-10-22)27-23(30)26-17-18-2-1-11-25-16-18/h1-2,5-6,9-11,16,19,21H,3-4,7-8,12-15,17H2,(H2,26,27,30). The summed E-state index contributed by atoms with van der Waals surface area (Å²) in [6.07, 6.45) is 7.60. The Morgan fingerprint density at radius 3 is 2.36 bits per heavy atom. The van der Waals surface area contributed by atoms with E-state index < -0.39 is 10.0 Å². The fraction of sp³-hybridized carbons (Fsp3) is 0.478. The molecule has 1 saturated heterocycles. The second kappa shape index (κ2) is 10.8. The summed E-state index contributed by atoms with van der Waals surface area (Å²) >= 11 is 6.22. The molecule has 33 heavy (non-hydrogen) atoms. The molecule has 8 nitrogen and oxygen atoms in total. The quantitative estimate of drug-likeness (QED) is 0.605. The molecule has 2 aromatic rings. The van der Waals surface area contributed by atoms with Gasteiger partial charge in [-0.1, -0.05) is 6.07 Å². The van der Waals surface area contributed by atoms with Crippen LogP contribution in [0, 0.1) is 0 Å². The van der Waals surface area contributed by atoms with E-state index in [0.29, 0.717) is 31.4 Å². The van der Waals surface area contributed by atoms with Gasteiger partial charge in [-0.05, 0) is 61.6 Å². The highest BCUT2D eigenvalue weighted by molar-refractivity contribution is 7.89. The number of pyridine rings is 1. The van der Waals surface area contributed by atoms with Gasteiger partial charge in [-0.25, -0.2) is 13.2 Å². The van der Waals surface area contributed by atoms with Crippen molar-refractivity contribution in [3.05, 3.63) is 54.4 Å². The van der Waals surface area contributed by atoms with Gasteiger partial charge in [-0.3, -0.25) is 9.88 Å². The van der Waals surface area contributed by atoms with Gasteiger partial charge in [0, 0.05) is 62.2 Å². The van der Waals surface area contributed by atoms with Crippen molar-refractivity contribution in [2.24, 2.45) is 0 Å². The van der Waals surface area contributed by atoms with Crippen LogP contribution in [-0.2, 0) is 16.6 Å². The second-order valence-corrected chi connectivity index (χ2v) is 11.1. The molecule has 1 aliphatic carbocycles. The van der Waals surface area contributed by atoms with Gasteiger partial charge >= 0.3 is 6.03 Å². The normalized spacial score (nSPS) is 22.6. The van der Waals surface area contributed by atoms with E-state index in [1.807, 2.05) is 6.07 Å². The zero-order valence-corrected chi connectivity index (χ0v) is 20.1. The van der Waals surface area contributed by atoms with Gasteiger partial charge in [0.05, 0.1) is 4.90 Å². The molecule has 10 heteroatoms. The summed E-state index contributed by atoms with van der Waals surface area (Å²) in [5.74, 6) is 0. The number of rotatable bonds is 6. The van der Waals surface area contributed by atoms with E-state index in [9.17, 15) is 13.2 Å². The summed E-state index contributed by atoms with van der Waals surface area (Å²) < 4.78 is 27.7. The molecule has 2 aliphatic rings. The third-order valence-corrected chi connectivity index (χ3v) is 8.69. The van der Waals surface area contributed by atoms with Gasteiger partial charge in [-0.2, -0.15) is 4.31 Å². The van der Waals surface area contributed by atoms with E-state index in [4.69, 9.17) is 11.6 Å². The lowest BCUT2D eigenvalue weighted by atomic mass is 9.93. The minimum atomic E-state index is -3.57. The van der Waals surface area contributed by atoms with E-state index in [2.05, 4.69) is 20.5 Å².